The van der Waals surface area contributed by atoms with Crippen molar-refractivity contribution in [2.45, 2.75) is 37.5 Å². The molecule has 7 nitrogen and oxygen atoms in total. The lowest BCUT2D eigenvalue weighted by Gasteiger charge is -2.34. The summed E-state index contributed by atoms with van der Waals surface area (Å²) in [5.74, 6) is 3.51. The monoisotopic (exact) mass is 404 g/mol. The van der Waals surface area contributed by atoms with Crippen molar-refractivity contribution >= 4 is 22.4 Å². The zero-order valence-electron chi connectivity index (χ0n) is 17.0. The van der Waals surface area contributed by atoms with E-state index in [4.69, 9.17) is 14.7 Å². The van der Waals surface area contributed by atoms with Crippen LogP contribution in [0, 0.1) is 10.1 Å². The molecule has 30 heavy (non-hydrogen) atoms. The number of rotatable bonds is 5. The first-order chi connectivity index (χ1) is 14.6. The van der Waals surface area contributed by atoms with Crippen molar-refractivity contribution in [1.29, 1.82) is 0 Å². The number of benzene rings is 2. The van der Waals surface area contributed by atoms with Gasteiger partial charge in [-0.15, -0.1) is 0 Å². The maximum Gasteiger partial charge on any atom is 0.270 e. The van der Waals surface area contributed by atoms with Crippen LogP contribution in [-0.4, -0.2) is 35.1 Å². The van der Waals surface area contributed by atoms with Crippen molar-refractivity contribution in [2.75, 3.05) is 25.1 Å². The fourth-order valence-corrected chi connectivity index (χ4v) is 4.40. The molecule has 154 valence electrons. The highest BCUT2D eigenvalue weighted by atomic mass is 16.6. The average molecular weight is 404 g/mol. The summed E-state index contributed by atoms with van der Waals surface area (Å²) < 4.78 is 5.55. The Labute approximate surface area is 174 Å². The Morgan fingerprint density at radius 1 is 1.03 bits per heavy atom. The number of piperidine rings is 1. The smallest absolute Gasteiger partial charge is 0.270 e. The highest BCUT2D eigenvalue weighted by Crippen LogP contribution is 2.41. The van der Waals surface area contributed by atoms with Crippen molar-refractivity contribution in [3.8, 4) is 5.75 Å². The van der Waals surface area contributed by atoms with E-state index < -0.39 is 0 Å². The molecule has 0 unspecified atom stereocenters. The molecule has 1 aliphatic heterocycles. The Morgan fingerprint density at radius 3 is 2.50 bits per heavy atom. The Morgan fingerprint density at radius 2 is 1.80 bits per heavy atom. The first kappa shape index (κ1) is 18.8. The van der Waals surface area contributed by atoms with Crippen LogP contribution >= 0.6 is 0 Å². The van der Waals surface area contributed by atoms with Crippen LogP contribution in [0.5, 0.6) is 5.75 Å². The van der Waals surface area contributed by atoms with Gasteiger partial charge in [-0.3, -0.25) is 10.1 Å². The quantitative estimate of drug-likeness (QED) is 0.448. The van der Waals surface area contributed by atoms with Crippen LogP contribution in [0.25, 0.3) is 10.9 Å². The molecule has 7 heteroatoms. The van der Waals surface area contributed by atoms with Crippen LogP contribution in [0.2, 0.25) is 0 Å². The minimum Gasteiger partial charge on any atom is -0.496 e. The number of fused-ring (bicyclic) bond motifs is 1. The lowest BCUT2D eigenvalue weighted by molar-refractivity contribution is -0.384. The number of nitro groups is 1. The van der Waals surface area contributed by atoms with Gasteiger partial charge in [-0.05, 0) is 49.3 Å². The highest BCUT2D eigenvalue weighted by molar-refractivity contribution is 5.91. The second kappa shape index (κ2) is 7.55. The number of hydrogen-bond donors (Lipinski definition) is 0. The molecule has 0 spiro atoms. The summed E-state index contributed by atoms with van der Waals surface area (Å²) in [5, 5.41) is 12.1. The first-order valence-electron chi connectivity index (χ1n) is 10.5. The molecule has 2 aromatic carbocycles. The number of nitro benzene ring substituents is 1. The van der Waals surface area contributed by atoms with Crippen molar-refractivity contribution in [3.63, 3.8) is 0 Å². The molecule has 0 atom stereocenters. The average Bonchev–Trinajstić information content (AvgIpc) is 3.63. The lowest BCUT2D eigenvalue weighted by atomic mass is 9.88. The second-order valence-electron chi connectivity index (χ2n) is 8.14. The summed E-state index contributed by atoms with van der Waals surface area (Å²) >= 11 is 0. The largest absolute Gasteiger partial charge is 0.496 e. The van der Waals surface area contributed by atoms with Gasteiger partial charge in [0.1, 0.15) is 17.4 Å². The number of hydrogen-bond acceptors (Lipinski definition) is 6. The molecule has 0 amide bonds. The van der Waals surface area contributed by atoms with Gasteiger partial charge < -0.3 is 9.64 Å². The van der Waals surface area contributed by atoms with E-state index in [2.05, 4.69) is 17.0 Å². The van der Waals surface area contributed by atoms with E-state index in [-0.39, 0.29) is 10.6 Å². The number of methoxy groups -OCH3 is 1. The minimum atomic E-state index is -0.355. The standard InChI is InChI=1S/C23H24N4O3/c1-30-21-5-3-2-4-18(21)15-10-12-26(13-11-15)23-19-14-17(27(28)29)8-9-20(19)24-22(25-23)16-6-7-16/h2-5,8-9,14-16H,6-7,10-13H2,1H3. The van der Waals surface area contributed by atoms with Crippen molar-refractivity contribution in [1.82, 2.24) is 9.97 Å². The molecule has 1 saturated heterocycles. The number of para-hydroxylation sites is 1. The van der Waals surface area contributed by atoms with Crippen LogP contribution in [-0.2, 0) is 0 Å². The molecule has 2 fully saturated rings. The molecule has 1 aromatic heterocycles. The summed E-state index contributed by atoms with van der Waals surface area (Å²) in [6.45, 7) is 1.70. The van der Waals surface area contributed by atoms with Gasteiger partial charge in [0.2, 0.25) is 0 Å². The number of non-ortho nitro benzene ring substituents is 1. The summed E-state index contributed by atoms with van der Waals surface area (Å²) in [5.41, 5.74) is 2.12. The highest BCUT2D eigenvalue weighted by Gasteiger charge is 2.30. The molecular formula is C23H24N4O3. The van der Waals surface area contributed by atoms with Gasteiger partial charge >= 0.3 is 0 Å². The molecule has 0 bridgehead atoms. The topological polar surface area (TPSA) is 81.4 Å². The van der Waals surface area contributed by atoms with Gasteiger partial charge in [-0.1, -0.05) is 18.2 Å². The normalized spacial score (nSPS) is 17.3. The fraction of sp³-hybridized carbons (Fsp3) is 0.391. The van der Waals surface area contributed by atoms with Gasteiger partial charge in [-0.25, -0.2) is 9.97 Å². The fourth-order valence-electron chi connectivity index (χ4n) is 4.40. The third kappa shape index (κ3) is 3.44. The number of nitrogens with zero attached hydrogens (tertiary/aromatic N) is 4. The van der Waals surface area contributed by atoms with Crippen LogP contribution < -0.4 is 9.64 Å². The summed E-state index contributed by atoms with van der Waals surface area (Å²) in [4.78, 5) is 22.8. The number of aromatic nitrogens is 2. The molecule has 2 aliphatic rings. The van der Waals surface area contributed by atoms with Crippen molar-refractivity contribution in [2.24, 2.45) is 0 Å². The molecule has 1 saturated carbocycles. The zero-order valence-corrected chi connectivity index (χ0v) is 17.0. The van der Waals surface area contributed by atoms with E-state index in [9.17, 15) is 10.1 Å². The minimum absolute atomic E-state index is 0.0791. The van der Waals surface area contributed by atoms with Crippen LogP contribution in [0.3, 0.4) is 0 Å². The van der Waals surface area contributed by atoms with E-state index in [1.807, 2.05) is 12.1 Å². The van der Waals surface area contributed by atoms with Crippen LogP contribution in [0.15, 0.2) is 42.5 Å². The third-order valence-electron chi connectivity index (χ3n) is 6.20. The van der Waals surface area contributed by atoms with Crippen LogP contribution in [0.1, 0.15) is 48.9 Å². The van der Waals surface area contributed by atoms with Crippen LogP contribution in [0.4, 0.5) is 11.5 Å². The van der Waals surface area contributed by atoms with Gasteiger partial charge in [0.25, 0.3) is 5.69 Å². The predicted octanol–water partition coefficient (Wildman–Crippen LogP) is 4.81. The number of ether oxygens (including phenoxy) is 1. The summed E-state index contributed by atoms with van der Waals surface area (Å²) in [7, 11) is 1.72. The lowest BCUT2D eigenvalue weighted by Crippen LogP contribution is -2.34. The molecular weight excluding hydrogens is 380 g/mol. The van der Waals surface area contributed by atoms with Gasteiger partial charge in [0.05, 0.1) is 17.5 Å². The molecule has 0 N–H and O–H groups in total. The van der Waals surface area contributed by atoms with Crippen molar-refractivity contribution < 1.29 is 9.66 Å². The van der Waals surface area contributed by atoms with E-state index in [0.717, 1.165) is 67.1 Å². The molecule has 2 heterocycles. The Bertz CT molecular complexity index is 1100. The van der Waals surface area contributed by atoms with Gasteiger partial charge in [-0.2, -0.15) is 0 Å². The van der Waals surface area contributed by atoms with E-state index >= 15 is 0 Å². The second-order valence-corrected chi connectivity index (χ2v) is 8.14. The SMILES string of the molecule is COc1ccccc1C1CCN(c2nc(C3CC3)nc3ccc([N+](=O)[O-])cc23)CC1. The maximum absolute atomic E-state index is 11.3. The maximum atomic E-state index is 11.3. The van der Waals surface area contributed by atoms with E-state index in [1.165, 1.54) is 11.6 Å². The van der Waals surface area contributed by atoms with E-state index in [1.54, 1.807) is 19.2 Å². The van der Waals surface area contributed by atoms with Crippen molar-refractivity contribution in [3.05, 3.63) is 64.0 Å². The summed E-state index contributed by atoms with van der Waals surface area (Å²) in [6, 6.07) is 13.1. The predicted molar refractivity (Wildman–Crippen MR) is 115 cm³/mol. The molecule has 1 aliphatic carbocycles. The Hall–Kier alpha value is -3.22. The third-order valence-corrected chi connectivity index (χ3v) is 6.20. The summed E-state index contributed by atoms with van der Waals surface area (Å²) in [6.07, 6.45) is 4.21. The van der Waals surface area contributed by atoms with E-state index in [0.29, 0.717) is 11.8 Å². The molecule has 3 aromatic rings. The van der Waals surface area contributed by atoms with Gasteiger partial charge in [0, 0.05) is 36.5 Å². The first-order valence-corrected chi connectivity index (χ1v) is 10.5. The number of anilines is 1. The molecule has 5 rings (SSSR count). The molecule has 0 radical (unpaired) electrons. The van der Waals surface area contributed by atoms with Gasteiger partial charge in [0.15, 0.2) is 0 Å². The Kier molecular flexibility index (Phi) is 4.73. The zero-order chi connectivity index (χ0) is 20.7. The Balaban J connectivity index is 1.47.